The van der Waals surface area contributed by atoms with Crippen LogP contribution in [0, 0.1) is 0 Å². The third-order valence-electron chi connectivity index (χ3n) is 6.21. The summed E-state index contributed by atoms with van der Waals surface area (Å²) < 4.78 is 22.7. The molecular weight excluding hydrogens is 541 g/mol. The second kappa shape index (κ2) is 12.9. The summed E-state index contributed by atoms with van der Waals surface area (Å²) in [6, 6.07) is 21.9. The molecule has 1 N–H and O–H groups in total. The lowest BCUT2D eigenvalue weighted by Crippen LogP contribution is -2.51. The first-order chi connectivity index (χ1) is 18.6. The van der Waals surface area contributed by atoms with E-state index >= 15 is 0 Å². The molecule has 1 unspecified atom stereocenters. The Morgan fingerprint density at radius 2 is 1.59 bits per heavy atom. The quantitative estimate of drug-likeness (QED) is 0.319. The number of carbonyl (C=O) groups is 2. The highest BCUT2D eigenvalue weighted by molar-refractivity contribution is 6.35. The summed E-state index contributed by atoms with van der Waals surface area (Å²) >= 11 is 12.3. The molecule has 4 rings (SSSR count). The molecule has 7 nitrogen and oxygen atoms in total. The van der Waals surface area contributed by atoms with Crippen molar-refractivity contribution in [3.8, 4) is 11.1 Å². The summed E-state index contributed by atoms with van der Waals surface area (Å²) in [7, 11) is 1.44. The highest BCUT2D eigenvalue weighted by Gasteiger charge is 2.49. The van der Waals surface area contributed by atoms with Gasteiger partial charge in [0.05, 0.1) is 6.04 Å². The van der Waals surface area contributed by atoms with Gasteiger partial charge in [-0.3, -0.25) is 4.79 Å². The molecule has 0 aliphatic carbocycles. The molecule has 1 aliphatic heterocycles. The number of carbonyl (C=O) groups excluding carboxylic acids is 2. The van der Waals surface area contributed by atoms with Crippen LogP contribution in [0.4, 0.5) is 0 Å². The number of nitrogens with one attached hydrogen (secondary N) is 1. The predicted octanol–water partition coefficient (Wildman–Crippen LogP) is 5.60. The van der Waals surface area contributed by atoms with E-state index in [0.717, 1.165) is 22.3 Å². The van der Waals surface area contributed by atoms with Gasteiger partial charge in [-0.05, 0) is 60.7 Å². The molecule has 0 bridgehead atoms. The van der Waals surface area contributed by atoms with E-state index in [1.54, 1.807) is 19.9 Å². The Kier molecular flexibility index (Phi) is 9.64. The number of rotatable bonds is 10. The van der Waals surface area contributed by atoms with Crippen LogP contribution in [-0.2, 0) is 41.6 Å². The molecule has 206 valence electrons. The molecular formula is C30H31Cl2NO6. The van der Waals surface area contributed by atoms with Crippen molar-refractivity contribution in [3.63, 3.8) is 0 Å². The van der Waals surface area contributed by atoms with Crippen LogP contribution in [0.15, 0.2) is 72.8 Å². The van der Waals surface area contributed by atoms with Crippen molar-refractivity contribution in [3.05, 3.63) is 94.0 Å². The average molecular weight is 572 g/mol. The number of ether oxygens (including phenoxy) is 4. The van der Waals surface area contributed by atoms with E-state index in [4.69, 9.17) is 42.1 Å². The molecule has 0 aromatic heterocycles. The maximum Gasteiger partial charge on any atom is 0.338 e. The molecule has 1 fully saturated rings. The number of esters is 1. The zero-order chi connectivity index (χ0) is 28.0. The van der Waals surface area contributed by atoms with Crippen LogP contribution in [0.3, 0.4) is 0 Å². The van der Waals surface area contributed by atoms with Crippen LogP contribution in [0.1, 0.15) is 25.0 Å². The largest absolute Gasteiger partial charge is 0.459 e. The molecule has 39 heavy (non-hydrogen) atoms. The van der Waals surface area contributed by atoms with Gasteiger partial charge in [0, 0.05) is 17.2 Å². The summed E-state index contributed by atoms with van der Waals surface area (Å²) in [5, 5.41) is 4.05. The highest BCUT2D eigenvalue weighted by atomic mass is 35.5. The molecule has 3 atom stereocenters. The lowest BCUT2D eigenvalue weighted by molar-refractivity contribution is -0.171. The monoisotopic (exact) mass is 571 g/mol. The number of hydrogen-bond acceptors (Lipinski definition) is 6. The molecule has 1 amide bonds. The Hall–Kier alpha value is -2.94. The Morgan fingerprint density at radius 1 is 0.923 bits per heavy atom. The SMILES string of the molecule is COCC(=O)N[C@H](Cc1ccc(-c2cc(Cl)cc(Cl)c2)cc1)[C@H]1OC(C)(C)OC1C(=O)OCc1ccccc1. The van der Waals surface area contributed by atoms with Gasteiger partial charge in [0.25, 0.3) is 0 Å². The van der Waals surface area contributed by atoms with Crippen LogP contribution in [0.2, 0.25) is 10.0 Å². The van der Waals surface area contributed by atoms with Gasteiger partial charge in [-0.2, -0.15) is 0 Å². The molecule has 3 aromatic rings. The predicted molar refractivity (Wildman–Crippen MR) is 149 cm³/mol. The summed E-state index contributed by atoms with van der Waals surface area (Å²) in [5.74, 6) is -1.95. The fourth-order valence-corrected chi connectivity index (χ4v) is 5.04. The fraction of sp³-hybridized carbons (Fsp3) is 0.333. The van der Waals surface area contributed by atoms with Crippen molar-refractivity contribution in [2.24, 2.45) is 0 Å². The van der Waals surface area contributed by atoms with Crippen molar-refractivity contribution < 1.29 is 28.5 Å². The van der Waals surface area contributed by atoms with E-state index < -0.39 is 30.0 Å². The Morgan fingerprint density at radius 3 is 2.23 bits per heavy atom. The van der Waals surface area contributed by atoms with E-state index in [9.17, 15) is 9.59 Å². The van der Waals surface area contributed by atoms with Crippen LogP contribution in [0.25, 0.3) is 11.1 Å². The molecule has 1 saturated heterocycles. The highest BCUT2D eigenvalue weighted by Crippen LogP contribution is 2.33. The number of halogens is 2. The van der Waals surface area contributed by atoms with E-state index in [1.807, 2.05) is 66.7 Å². The Labute approximate surface area is 238 Å². The number of hydrogen-bond donors (Lipinski definition) is 1. The van der Waals surface area contributed by atoms with Crippen molar-refractivity contribution in [1.29, 1.82) is 0 Å². The summed E-state index contributed by atoms with van der Waals surface area (Å²) in [4.78, 5) is 25.7. The summed E-state index contributed by atoms with van der Waals surface area (Å²) in [6.07, 6.45) is -1.46. The molecule has 1 aliphatic rings. The summed E-state index contributed by atoms with van der Waals surface area (Å²) in [6.45, 7) is 3.42. The number of amides is 1. The molecule has 1 heterocycles. The minimum atomic E-state index is -1.05. The normalized spacial score (nSPS) is 18.9. The first-order valence-corrected chi connectivity index (χ1v) is 13.3. The second-order valence-electron chi connectivity index (χ2n) is 9.78. The maximum atomic E-state index is 13.2. The minimum Gasteiger partial charge on any atom is -0.459 e. The molecule has 0 saturated carbocycles. The van der Waals surface area contributed by atoms with Crippen LogP contribution < -0.4 is 5.32 Å². The van der Waals surface area contributed by atoms with Crippen molar-refractivity contribution >= 4 is 35.1 Å². The van der Waals surface area contributed by atoms with E-state index in [2.05, 4.69) is 5.32 Å². The number of benzene rings is 3. The van der Waals surface area contributed by atoms with Gasteiger partial charge in [0.15, 0.2) is 11.9 Å². The van der Waals surface area contributed by atoms with Crippen molar-refractivity contribution in [1.82, 2.24) is 5.32 Å². The zero-order valence-electron chi connectivity index (χ0n) is 22.0. The topological polar surface area (TPSA) is 83.1 Å². The second-order valence-corrected chi connectivity index (χ2v) is 10.7. The van der Waals surface area contributed by atoms with Gasteiger partial charge < -0.3 is 24.3 Å². The van der Waals surface area contributed by atoms with Gasteiger partial charge in [-0.25, -0.2) is 4.79 Å². The van der Waals surface area contributed by atoms with Crippen molar-refractivity contribution in [2.45, 2.75) is 50.9 Å². The molecule has 0 spiro atoms. The Balaban J connectivity index is 1.54. The number of methoxy groups -OCH3 is 1. The minimum absolute atomic E-state index is 0.0996. The zero-order valence-corrected chi connectivity index (χ0v) is 23.5. The van der Waals surface area contributed by atoms with Gasteiger partial charge in [0.1, 0.15) is 19.3 Å². The van der Waals surface area contributed by atoms with E-state index in [-0.39, 0.29) is 19.1 Å². The van der Waals surface area contributed by atoms with Gasteiger partial charge in [-0.1, -0.05) is 77.8 Å². The lowest BCUT2D eigenvalue weighted by atomic mass is 9.96. The van der Waals surface area contributed by atoms with Crippen molar-refractivity contribution in [2.75, 3.05) is 13.7 Å². The molecule has 0 radical (unpaired) electrons. The van der Waals surface area contributed by atoms with Gasteiger partial charge in [-0.15, -0.1) is 0 Å². The average Bonchev–Trinajstić information content (AvgIpc) is 3.23. The van der Waals surface area contributed by atoms with E-state index in [1.165, 1.54) is 7.11 Å². The first-order valence-electron chi connectivity index (χ1n) is 12.5. The maximum absolute atomic E-state index is 13.2. The Bertz CT molecular complexity index is 1260. The van der Waals surface area contributed by atoms with Gasteiger partial charge in [0.2, 0.25) is 5.91 Å². The smallest absolute Gasteiger partial charge is 0.338 e. The molecule has 9 heteroatoms. The van der Waals surface area contributed by atoms with Crippen LogP contribution in [-0.4, -0.2) is 49.6 Å². The third-order valence-corrected chi connectivity index (χ3v) is 6.65. The lowest BCUT2D eigenvalue weighted by Gasteiger charge is -2.27. The third kappa shape index (κ3) is 8.03. The van der Waals surface area contributed by atoms with Gasteiger partial charge >= 0.3 is 5.97 Å². The van der Waals surface area contributed by atoms with Crippen LogP contribution in [0.5, 0.6) is 0 Å². The fourth-order valence-electron chi connectivity index (χ4n) is 4.51. The first kappa shape index (κ1) is 29.1. The van der Waals surface area contributed by atoms with E-state index in [0.29, 0.717) is 16.5 Å². The van der Waals surface area contributed by atoms with Crippen LogP contribution >= 0.6 is 23.2 Å². The standard InChI is InChI=1S/C30H31Cl2NO6/c1-30(2)38-27(28(39-30)29(35)37-17-20-7-5-4-6-8-20)25(33-26(34)18-36-3)13-19-9-11-21(12-10-19)22-14-23(31)16-24(32)15-22/h4-12,14-16,25,27-28H,13,17-18H2,1-3H3,(H,33,34)/t25-,27-,28?/m1/s1. The summed E-state index contributed by atoms with van der Waals surface area (Å²) in [5.41, 5.74) is 3.59. The molecule has 3 aromatic carbocycles.